The minimum absolute atomic E-state index is 0.167. The third-order valence-electron chi connectivity index (χ3n) is 3.17. The second-order valence-corrected chi connectivity index (χ2v) is 4.55. The fraction of sp³-hybridized carbons (Fsp3) is 0.571. The van der Waals surface area contributed by atoms with E-state index in [1.807, 2.05) is 12.1 Å². The van der Waals surface area contributed by atoms with Crippen LogP contribution in [0.4, 0.5) is 4.39 Å². The molecule has 1 saturated heterocycles. The van der Waals surface area contributed by atoms with Gasteiger partial charge in [0, 0.05) is 6.61 Å². The number of halogens is 1. The summed E-state index contributed by atoms with van der Waals surface area (Å²) in [5, 5.41) is 3.40. The van der Waals surface area contributed by atoms with Gasteiger partial charge < -0.3 is 10.1 Å². The van der Waals surface area contributed by atoms with Crippen molar-refractivity contribution in [3.8, 4) is 0 Å². The van der Waals surface area contributed by atoms with Crippen LogP contribution in [-0.4, -0.2) is 25.8 Å². The second kappa shape index (κ2) is 6.72. The van der Waals surface area contributed by atoms with Crippen molar-refractivity contribution in [2.24, 2.45) is 0 Å². The van der Waals surface area contributed by atoms with Crippen LogP contribution in [0.1, 0.15) is 24.8 Å². The lowest BCUT2D eigenvalue weighted by atomic mass is 10.1. The fourth-order valence-corrected chi connectivity index (χ4v) is 2.14. The molecule has 1 aromatic carbocycles. The van der Waals surface area contributed by atoms with Gasteiger partial charge in [-0.05, 0) is 56.5 Å². The highest BCUT2D eigenvalue weighted by Gasteiger charge is 2.14. The van der Waals surface area contributed by atoms with Gasteiger partial charge in [0.1, 0.15) is 5.82 Å². The molecule has 1 atom stereocenters. The van der Waals surface area contributed by atoms with Gasteiger partial charge in [0.25, 0.3) is 0 Å². The molecule has 17 heavy (non-hydrogen) atoms. The summed E-state index contributed by atoms with van der Waals surface area (Å²) in [6.07, 6.45) is 4.93. The quantitative estimate of drug-likeness (QED) is 0.768. The summed E-state index contributed by atoms with van der Waals surface area (Å²) in [6, 6.07) is 6.72. The van der Waals surface area contributed by atoms with Crippen LogP contribution < -0.4 is 5.32 Å². The molecule has 1 aliphatic rings. The number of benzene rings is 1. The maximum Gasteiger partial charge on any atom is 0.123 e. The van der Waals surface area contributed by atoms with Crippen molar-refractivity contribution in [2.75, 3.05) is 19.7 Å². The lowest BCUT2D eigenvalue weighted by Crippen LogP contribution is -2.22. The van der Waals surface area contributed by atoms with Gasteiger partial charge in [0.05, 0.1) is 6.10 Å². The van der Waals surface area contributed by atoms with Crippen LogP contribution >= 0.6 is 0 Å². The monoisotopic (exact) mass is 237 g/mol. The number of nitrogens with one attached hydrogen (secondary N) is 1. The molecule has 0 amide bonds. The van der Waals surface area contributed by atoms with Crippen LogP contribution in [0.5, 0.6) is 0 Å². The highest BCUT2D eigenvalue weighted by molar-refractivity contribution is 5.16. The summed E-state index contributed by atoms with van der Waals surface area (Å²) in [4.78, 5) is 0. The van der Waals surface area contributed by atoms with Crippen LogP contribution in [0.2, 0.25) is 0 Å². The van der Waals surface area contributed by atoms with Crippen molar-refractivity contribution in [3.63, 3.8) is 0 Å². The molecule has 1 N–H and O–H groups in total. The maximum absolute atomic E-state index is 12.7. The Kier molecular flexibility index (Phi) is 4.95. The molecule has 0 spiro atoms. The van der Waals surface area contributed by atoms with E-state index in [1.165, 1.54) is 30.5 Å². The number of rotatable bonds is 6. The lowest BCUT2D eigenvalue weighted by molar-refractivity contribution is 0.104. The molecule has 1 heterocycles. The van der Waals surface area contributed by atoms with E-state index < -0.39 is 0 Å². The van der Waals surface area contributed by atoms with Gasteiger partial charge in [-0.1, -0.05) is 12.1 Å². The van der Waals surface area contributed by atoms with E-state index in [1.54, 1.807) is 0 Å². The molecule has 2 nitrogen and oxygen atoms in total. The maximum atomic E-state index is 12.7. The van der Waals surface area contributed by atoms with Crippen molar-refractivity contribution >= 4 is 0 Å². The normalized spacial score (nSPS) is 19.7. The largest absolute Gasteiger partial charge is 0.378 e. The first-order valence-electron chi connectivity index (χ1n) is 6.41. The van der Waals surface area contributed by atoms with E-state index in [9.17, 15) is 4.39 Å². The van der Waals surface area contributed by atoms with E-state index in [0.29, 0.717) is 6.10 Å². The van der Waals surface area contributed by atoms with Crippen molar-refractivity contribution in [1.29, 1.82) is 0 Å². The van der Waals surface area contributed by atoms with Crippen molar-refractivity contribution < 1.29 is 9.13 Å². The van der Waals surface area contributed by atoms with Crippen molar-refractivity contribution in [3.05, 3.63) is 35.6 Å². The zero-order valence-electron chi connectivity index (χ0n) is 10.1. The summed E-state index contributed by atoms with van der Waals surface area (Å²) < 4.78 is 18.2. The highest BCUT2D eigenvalue weighted by atomic mass is 19.1. The molecule has 0 radical (unpaired) electrons. The number of hydrogen-bond donors (Lipinski definition) is 1. The van der Waals surface area contributed by atoms with Gasteiger partial charge in [0.2, 0.25) is 0 Å². The molecule has 1 aliphatic heterocycles. The van der Waals surface area contributed by atoms with Gasteiger partial charge in [0.15, 0.2) is 0 Å². The molecule has 0 bridgehead atoms. The Morgan fingerprint density at radius 3 is 2.76 bits per heavy atom. The second-order valence-electron chi connectivity index (χ2n) is 4.55. The molecular weight excluding hydrogens is 217 g/mol. The minimum atomic E-state index is -0.167. The first kappa shape index (κ1) is 12.5. The minimum Gasteiger partial charge on any atom is -0.378 e. The topological polar surface area (TPSA) is 21.3 Å². The Morgan fingerprint density at radius 1 is 1.24 bits per heavy atom. The van der Waals surface area contributed by atoms with Crippen LogP contribution in [0.25, 0.3) is 0 Å². The van der Waals surface area contributed by atoms with Gasteiger partial charge in [-0.25, -0.2) is 4.39 Å². The van der Waals surface area contributed by atoms with E-state index in [4.69, 9.17) is 4.74 Å². The Bertz CT molecular complexity index is 319. The van der Waals surface area contributed by atoms with Crippen LogP contribution in [0.15, 0.2) is 24.3 Å². The molecule has 0 saturated carbocycles. The summed E-state index contributed by atoms with van der Waals surface area (Å²) in [6.45, 7) is 2.88. The summed E-state index contributed by atoms with van der Waals surface area (Å²) in [5.74, 6) is -0.167. The number of hydrogen-bond acceptors (Lipinski definition) is 2. The van der Waals surface area contributed by atoms with Crippen molar-refractivity contribution in [2.45, 2.75) is 31.8 Å². The Hall–Kier alpha value is -0.930. The summed E-state index contributed by atoms with van der Waals surface area (Å²) in [7, 11) is 0. The molecule has 1 aromatic rings. The molecule has 1 unspecified atom stereocenters. The van der Waals surface area contributed by atoms with E-state index in [2.05, 4.69) is 5.32 Å². The molecule has 0 aromatic heterocycles. The first-order chi connectivity index (χ1) is 8.34. The van der Waals surface area contributed by atoms with Gasteiger partial charge >= 0.3 is 0 Å². The predicted octanol–water partition coefficient (Wildman–Crippen LogP) is 2.53. The zero-order valence-corrected chi connectivity index (χ0v) is 10.1. The van der Waals surface area contributed by atoms with Gasteiger partial charge in [-0.3, -0.25) is 0 Å². The average molecular weight is 237 g/mol. The molecule has 2 rings (SSSR count). The van der Waals surface area contributed by atoms with Crippen LogP contribution in [0.3, 0.4) is 0 Å². The molecule has 0 aliphatic carbocycles. The first-order valence-corrected chi connectivity index (χ1v) is 6.41. The highest BCUT2D eigenvalue weighted by Crippen LogP contribution is 2.14. The Morgan fingerprint density at radius 2 is 2.06 bits per heavy atom. The van der Waals surface area contributed by atoms with Gasteiger partial charge in [-0.15, -0.1) is 0 Å². The summed E-state index contributed by atoms with van der Waals surface area (Å²) >= 11 is 0. The van der Waals surface area contributed by atoms with Crippen molar-refractivity contribution in [1.82, 2.24) is 5.32 Å². The molecule has 1 fully saturated rings. The van der Waals surface area contributed by atoms with Crippen LogP contribution in [0, 0.1) is 5.82 Å². The van der Waals surface area contributed by atoms with E-state index in [0.717, 1.165) is 32.5 Å². The lowest BCUT2D eigenvalue weighted by Gasteiger charge is -2.09. The predicted molar refractivity (Wildman–Crippen MR) is 66.6 cm³/mol. The Labute approximate surface area is 102 Å². The molecule has 3 heteroatoms. The zero-order chi connectivity index (χ0) is 11.9. The standard InChI is InChI=1S/C14H20FNO/c15-13-5-3-12(4-6-13)7-9-16-10-8-14-2-1-11-17-14/h3-6,14,16H,1-2,7-11H2. The Balaban J connectivity index is 1.55. The molecule has 94 valence electrons. The third kappa shape index (κ3) is 4.44. The van der Waals surface area contributed by atoms with E-state index in [-0.39, 0.29) is 5.82 Å². The summed E-state index contributed by atoms with van der Waals surface area (Å²) in [5.41, 5.74) is 1.18. The smallest absolute Gasteiger partial charge is 0.123 e. The van der Waals surface area contributed by atoms with Gasteiger partial charge in [-0.2, -0.15) is 0 Å². The average Bonchev–Trinajstić information content (AvgIpc) is 2.84. The van der Waals surface area contributed by atoms with Crippen LogP contribution in [-0.2, 0) is 11.2 Å². The molecular formula is C14H20FNO. The fourth-order valence-electron chi connectivity index (χ4n) is 2.14. The number of ether oxygens (including phenoxy) is 1. The van der Waals surface area contributed by atoms with E-state index >= 15 is 0 Å². The SMILES string of the molecule is Fc1ccc(CCNCCC2CCCO2)cc1. The third-order valence-corrected chi connectivity index (χ3v) is 3.17.